The maximum absolute atomic E-state index is 12.8. The summed E-state index contributed by atoms with van der Waals surface area (Å²) in [5.41, 5.74) is 1.17. The molecule has 0 spiro atoms. The average Bonchev–Trinajstić information content (AvgIpc) is 2.73. The van der Waals surface area contributed by atoms with E-state index in [1.54, 1.807) is 0 Å². The minimum absolute atomic E-state index is 0.0147. The molecule has 1 aliphatic rings. The predicted octanol–water partition coefficient (Wildman–Crippen LogP) is 4.11. The Labute approximate surface area is 133 Å². The number of halogens is 1. The standard InChI is InChI=1S/C16H18ClNO2S/c1-9-4-5-12-13(6-9)21-15(14(12)17)16(19)18-7-10(2)20-11(3)8-18/h4-6,10-11H,7-8H2,1-3H3/t10-,11-/m1/s1. The van der Waals surface area contributed by atoms with E-state index >= 15 is 0 Å². The van der Waals surface area contributed by atoms with E-state index < -0.39 is 0 Å². The smallest absolute Gasteiger partial charge is 0.265 e. The van der Waals surface area contributed by atoms with Gasteiger partial charge >= 0.3 is 0 Å². The van der Waals surface area contributed by atoms with Crippen molar-refractivity contribution in [2.24, 2.45) is 0 Å². The summed E-state index contributed by atoms with van der Waals surface area (Å²) in [5.74, 6) is 0.0147. The number of nitrogens with zero attached hydrogens (tertiary/aromatic N) is 1. The Balaban J connectivity index is 1.96. The van der Waals surface area contributed by atoms with Crippen LogP contribution >= 0.6 is 22.9 Å². The molecular weight excluding hydrogens is 306 g/mol. The second-order valence-corrected chi connectivity index (χ2v) is 7.14. The van der Waals surface area contributed by atoms with Crippen molar-refractivity contribution >= 4 is 38.9 Å². The highest BCUT2D eigenvalue weighted by atomic mass is 35.5. The quantitative estimate of drug-likeness (QED) is 0.790. The van der Waals surface area contributed by atoms with Gasteiger partial charge in [0.1, 0.15) is 4.88 Å². The molecule has 21 heavy (non-hydrogen) atoms. The molecule has 1 aliphatic heterocycles. The van der Waals surface area contributed by atoms with Crippen LogP contribution in [0.3, 0.4) is 0 Å². The van der Waals surface area contributed by atoms with Crippen LogP contribution in [0.1, 0.15) is 29.1 Å². The molecule has 2 aromatic rings. The van der Waals surface area contributed by atoms with Crippen LogP contribution in [0.15, 0.2) is 18.2 Å². The van der Waals surface area contributed by atoms with Crippen LogP contribution in [0.25, 0.3) is 10.1 Å². The Bertz CT molecular complexity index is 687. The molecule has 0 radical (unpaired) electrons. The summed E-state index contributed by atoms with van der Waals surface area (Å²) in [6.45, 7) is 7.26. The molecule has 1 amide bonds. The third-order valence-electron chi connectivity index (χ3n) is 3.69. The summed E-state index contributed by atoms with van der Waals surface area (Å²) in [7, 11) is 0. The maximum atomic E-state index is 12.8. The van der Waals surface area contributed by atoms with Crippen LogP contribution in [-0.2, 0) is 4.74 Å². The summed E-state index contributed by atoms with van der Waals surface area (Å²) < 4.78 is 6.75. The number of carbonyl (C=O) groups excluding carboxylic acids is 1. The number of ether oxygens (including phenoxy) is 1. The molecule has 3 rings (SSSR count). The van der Waals surface area contributed by atoms with Crippen molar-refractivity contribution in [2.45, 2.75) is 33.0 Å². The van der Waals surface area contributed by atoms with Gasteiger partial charge in [-0.2, -0.15) is 0 Å². The lowest BCUT2D eigenvalue weighted by Gasteiger charge is -2.35. The SMILES string of the molecule is Cc1ccc2c(Cl)c(C(=O)N3C[C@@H](C)O[C@H](C)C3)sc2c1. The average molecular weight is 324 g/mol. The topological polar surface area (TPSA) is 29.5 Å². The summed E-state index contributed by atoms with van der Waals surface area (Å²) >= 11 is 7.91. The van der Waals surface area contributed by atoms with Crippen molar-refractivity contribution in [2.75, 3.05) is 13.1 Å². The first-order valence-electron chi connectivity index (χ1n) is 7.09. The summed E-state index contributed by atoms with van der Waals surface area (Å²) in [6.07, 6.45) is 0.126. The molecule has 1 saturated heterocycles. The highest BCUT2D eigenvalue weighted by Crippen LogP contribution is 2.36. The molecule has 2 atom stereocenters. The van der Waals surface area contributed by atoms with E-state index in [-0.39, 0.29) is 18.1 Å². The van der Waals surface area contributed by atoms with Gasteiger partial charge in [-0.15, -0.1) is 11.3 Å². The lowest BCUT2D eigenvalue weighted by molar-refractivity contribution is -0.0584. The van der Waals surface area contributed by atoms with Gasteiger partial charge in [-0.1, -0.05) is 23.7 Å². The number of benzene rings is 1. The number of aryl methyl sites for hydroxylation is 1. The number of fused-ring (bicyclic) bond motifs is 1. The highest BCUT2D eigenvalue weighted by Gasteiger charge is 2.29. The summed E-state index contributed by atoms with van der Waals surface area (Å²) in [6, 6.07) is 6.09. The van der Waals surface area contributed by atoms with Gasteiger partial charge in [-0.3, -0.25) is 4.79 Å². The number of hydrogen-bond acceptors (Lipinski definition) is 3. The van der Waals surface area contributed by atoms with Crippen LogP contribution in [0.2, 0.25) is 5.02 Å². The normalized spacial score (nSPS) is 22.8. The lowest BCUT2D eigenvalue weighted by Crippen LogP contribution is -2.48. The zero-order valence-electron chi connectivity index (χ0n) is 12.4. The molecule has 1 fully saturated rings. The van der Waals surface area contributed by atoms with Crippen molar-refractivity contribution in [3.63, 3.8) is 0 Å². The lowest BCUT2D eigenvalue weighted by atomic mass is 10.2. The van der Waals surface area contributed by atoms with Gasteiger partial charge in [-0.25, -0.2) is 0 Å². The van der Waals surface area contributed by atoms with Crippen LogP contribution in [0.5, 0.6) is 0 Å². The van der Waals surface area contributed by atoms with Crippen LogP contribution < -0.4 is 0 Å². The molecule has 0 saturated carbocycles. The minimum atomic E-state index is 0.0147. The second-order valence-electron chi connectivity index (χ2n) is 5.71. The van der Waals surface area contributed by atoms with Gasteiger partial charge in [0.05, 0.1) is 17.2 Å². The fourth-order valence-corrected chi connectivity index (χ4v) is 4.38. The van der Waals surface area contributed by atoms with E-state index in [0.717, 1.165) is 10.1 Å². The van der Waals surface area contributed by atoms with Crippen molar-refractivity contribution in [3.05, 3.63) is 33.7 Å². The molecule has 5 heteroatoms. The molecular formula is C16H18ClNO2S. The molecule has 0 bridgehead atoms. The fourth-order valence-electron chi connectivity index (χ4n) is 2.80. The van der Waals surface area contributed by atoms with E-state index in [2.05, 4.69) is 6.07 Å². The molecule has 112 valence electrons. The van der Waals surface area contributed by atoms with Gasteiger partial charge in [0.25, 0.3) is 5.91 Å². The zero-order valence-corrected chi connectivity index (χ0v) is 13.9. The van der Waals surface area contributed by atoms with Gasteiger partial charge in [0, 0.05) is 23.2 Å². The Hall–Kier alpha value is -1.10. The van der Waals surface area contributed by atoms with E-state index in [1.165, 1.54) is 16.9 Å². The number of morpholine rings is 1. The Morgan fingerprint density at radius 1 is 1.33 bits per heavy atom. The Kier molecular flexibility index (Phi) is 3.95. The fraction of sp³-hybridized carbons (Fsp3) is 0.438. The van der Waals surface area contributed by atoms with Crippen molar-refractivity contribution < 1.29 is 9.53 Å². The first-order chi connectivity index (χ1) is 9.95. The molecule has 0 unspecified atom stereocenters. The van der Waals surface area contributed by atoms with Crippen LogP contribution in [0, 0.1) is 6.92 Å². The Morgan fingerprint density at radius 3 is 2.67 bits per heavy atom. The van der Waals surface area contributed by atoms with Crippen molar-refractivity contribution in [1.29, 1.82) is 0 Å². The van der Waals surface area contributed by atoms with Gasteiger partial charge in [-0.05, 0) is 32.4 Å². The third kappa shape index (κ3) is 2.80. The van der Waals surface area contributed by atoms with E-state index in [4.69, 9.17) is 16.3 Å². The molecule has 1 aromatic heterocycles. The van der Waals surface area contributed by atoms with Gasteiger partial charge < -0.3 is 9.64 Å². The molecule has 0 aliphatic carbocycles. The largest absolute Gasteiger partial charge is 0.372 e. The monoisotopic (exact) mass is 323 g/mol. The number of carbonyl (C=O) groups is 1. The first kappa shape index (κ1) is 14.8. The number of amides is 1. The van der Waals surface area contributed by atoms with Crippen LogP contribution in [0.4, 0.5) is 0 Å². The molecule has 1 aromatic carbocycles. The molecule has 2 heterocycles. The Morgan fingerprint density at radius 2 is 2.00 bits per heavy atom. The summed E-state index contributed by atoms with van der Waals surface area (Å²) in [5, 5.41) is 1.54. The number of thiophene rings is 1. The number of rotatable bonds is 1. The number of hydrogen-bond donors (Lipinski definition) is 0. The maximum Gasteiger partial charge on any atom is 0.265 e. The molecule has 3 nitrogen and oxygen atoms in total. The summed E-state index contributed by atoms with van der Waals surface area (Å²) in [4.78, 5) is 15.2. The highest BCUT2D eigenvalue weighted by molar-refractivity contribution is 7.21. The predicted molar refractivity (Wildman–Crippen MR) is 87.5 cm³/mol. The zero-order chi connectivity index (χ0) is 15.1. The van der Waals surface area contributed by atoms with E-state index in [9.17, 15) is 4.79 Å². The first-order valence-corrected chi connectivity index (χ1v) is 8.28. The van der Waals surface area contributed by atoms with Crippen molar-refractivity contribution in [1.82, 2.24) is 4.90 Å². The third-order valence-corrected chi connectivity index (χ3v) is 5.33. The van der Waals surface area contributed by atoms with E-state index in [1.807, 2.05) is 37.8 Å². The molecule has 0 N–H and O–H groups in total. The minimum Gasteiger partial charge on any atom is -0.372 e. The van der Waals surface area contributed by atoms with Gasteiger partial charge in [0.2, 0.25) is 0 Å². The van der Waals surface area contributed by atoms with Crippen molar-refractivity contribution in [3.8, 4) is 0 Å². The van der Waals surface area contributed by atoms with Gasteiger partial charge in [0.15, 0.2) is 0 Å². The van der Waals surface area contributed by atoms with E-state index in [0.29, 0.717) is 23.0 Å². The second kappa shape index (κ2) is 5.59. The van der Waals surface area contributed by atoms with Crippen LogP contribution in [-0.4, -0.2) is 36.1 Å².